The van der Waals surface area contributed by atoms with Gasteiger partial charge in [-0.15, -0.1) is 0 Å². The second kappa shape index (κ2) is 9.60. The monoisotopic (exact) mass is 416 g/mol. The third kappa shape index (κ3) is 5.20. The van der Waals surface area contributed by atoms with Crippen LogP contribution < -0.4 is 15.0 Å². The highest BCUT2D eigenvalue weighted by atomic mass is 16.5. The molecule has 1 aliphatic heterocycles. The van der Waals surface area contributed by atoms with Crippen LogP contribution in [0.4, 0.5) is 11.5 Å². The Morgan fingerprint density at radius 1 is 1.10 bits per heavy atom. The third-order valence-electron chi connectivity index (χ3n) is 5.60. The van der Waals surface area contributed by atoms with E-state index in [1.54, 1.807) is 12.4 Å². The Bertz CT molecular complexity index is 1020. The van der Waals surface area contributed by atoms with Gasteiger partial charge in [-0.2, -0.15) is 0 Å². The van der Waals surface area contributed by atoms with Gasteiger partial charge in [0.25, 0.3) is 5.88 Å². The predicted octanol–water partition coefficient (Wildman–Crippen LogP) is 4.99. The topological polar surface area (TPSA) is 67.4 Å². The molecular formula is C25H28N4O2. The highest BCUT2D eigenvalue weighted by Gasteiger charge is 2.28. The summed E-state index contributed by atoms with van der Waals surface area (Å²) in [4.78, 5) is 23.9. The van der Waals surface area contributed by atoms with Crippen molar-refractivity contribution in [2.45, 2.75) is 33.1 Å². The Labute approximate surface area is 183 Å². The zero-order valence-corrected chi connectivity index (χ0v) is 18.0. The number of rotatable bonds is 6. The van der Waals surface area contributed by atoms with Crippen LogP contribution in [0, 0.1) is 12.8 Å². The van der Waals surface area contributed by atoms with Gasteiger partial charge in [-0.25, -0.2) is 9.97 Å². The Morgan fingerprint density at radius 2 is 1.84 bits per heavy atom. The summed E-state index contributed by atoms with van der Waals surface area (Å²) in [6.45, 7) is 5.56. The van der Waals surface area contributed by atoms with Crippen LogP contribution in [0.15, 0.2) is 60.9 Å². The van der Waals surface area contributed by atoms with Crippen molar-refractivity contribution in [1.29, 1.82) is 0 Å². The lowest BCUT2D eigenvalue weighted by atomic mass is 9.97. The lowest BCUT2D eigenvalue weighted by Gasteiger charge is -2.33. The molecule has 0 saturated carbocycles. The third-order valence-corrected chi connectivity index (χ3v) is 5.60. The van der Waals surface area contributed by atoms with E-state index in [-0.39, 0.29) is 11.8 Å². The van der Waals surface area contributed by atoms with Gasteiger partial charge in [0.05, 0.1) is 5.92 Å². The number of nitrogens with one attached hydrogen (secondary N) is 1. The van der Waals surface area contributed by atoms with E-state index in [0.717, 1.165) is 31.5 Å². The first-order valence-corrected chi connectivity index (χ1v) is 10.8. The zero-order valence-electron chi connectivity index (χ0n) is 18.0. The molecule has 0 radical (unpaired) electrons. The highest BCUT2D eigenvalue weighted by molar-refractivity contribution is 5.93. The molecule has 6 nitrogen and oxygen atoms in total. The highest BCUT2D eigenvalue weighted by Crippen LogP contribution is 2.31. The van der Waals surface area contributed by atoms with Gasteiger partial charge in [0.2, 0.25) is 5.91 Å². The number of aromatic nitrogens is 2. The number of hydrogen-bond donors (Lipinski definition) is 1. The summed E-state index contributed by atoms with van der Waals surface area (Å²) in [5, 5.41) is 3.06. The van der Waals surface area contributed by atoms with E-state index in [1.807, 2.05) is 43.3 Å². The van der Waals surface area contributed by atoms with Crippen LogP contribution in [0.2, 0.25) is 0 Å². The second-order valence-electron chi connectivity index (χ2n) is 7.93. The smallest absolute Gasteiger partial charge is 0.263 e. The van der Waals surface area contributed by atoms with E-state index >= 15 is 0 Å². The molecule has 0 unspecified atom stereocenters. The van der Waals surface area contributed by atoms with E-state index < -0.39 is 0 Å². The van der Waals surface area contributed by atoms with E-state index in [4.69, 9.17) is 4.74 Å². The van der Waals surface area contributed by atoms with E-state index in [0.29, 0.717) is 24.0 Å². The zero-order chi connectivity index (χ0) is 21.6. The Hall–Kier alpha value is -3.41. The lowest BCUT2D eigenvalue weighted by molar-refractivity contribution is -0.120. The number of hydrogen-bond acceptors (Lipinski definition) is 5. The predicted molar refractivity (Wildman–Crippen MR) is 123 cm³/mol. The summed E-state index contributed by atoms with van der Waals surface area (Å²) in [6.07, 6.45) is 6.03. The summed E-state index contributed by atoms with van der Waals surface area (Å²) < 4.78 is 6.02. The van der Waals surface area contributed by atoms with Gasteiger partial charge in [-0.3, -0.25) is 4.79 Å². The minimum absolute atomic E-state index is 0.0406. The summed E-state index contributed by atoms with van der Waals surface area (Å²) in [5.41, 5.74) is 3.26. The van der Waals surface area contributed by atoms with Crippen molar-refractivity contribution in [3.63, 3.8) is 0 Å². The number of nitrogens with zero attached hydrogens (tertiary/aromatic N) is 3. The molecule has 1 aliphatic rings. The minimum Gasteiger partial charge on any atom is -0.436 e. The van der Waals surface area contributed by atoms with Crippen molar-refractivity contribution < 1.29 is 9.53 Å². The van der Waals surface area contributed by atoms with Gasteiger partial charge in [0.15, 0.2) is 5.82 Å². The number of aryl methyl sites for hydroxylation is 2. The molecular weight excluding hydrogens is 388 g/mol. The van der Waals surface area contributed by atoms with Gasteiger partial charge in [-0.1, -0.05) is 36.8 Å². The van der Waals surface area contributed by atoms with Crippen molar-refractivity contribution >= 4 is 17.4 Å². The molecule has 1 amide bonds. The normalized spacial score (nSPS) is 16.1. The summed E-state index contributed by atoms with van der Waals surface area (Å²) in [5.74, 6) is 1.78. The van der Waals surface area contributed by atoms with Crippen LogP contribution in [0.1, 0.15) is 30.9 Å². The molecule has 2 aromatic carbocycles. The average molecular weight is 417 g/mol. The van der Waals surface area contributed by atoms with E-state index in [2.05, 4.69) is 39.2 Å². The van der Waals surface area contributed by atoms with Crippen LogP contribution in [-0.4, -0.2) is 29.0 Å². The van der Waals surface area contributed by atoms with Gasteiger partial charge in [-0.05, 0) is 56.0 Å². The molecule has 1 aromatic heterocycles. The molecule has 2 heterocycles. The fourth-order valence-electron chi connectivity index (χ4n) is 3.78. The largest absolute Gasteiger partial charge is 0.436 e. The molecule has 4 rings (SSSR count). The number of carbonyl (C=O) groups excluding carboxylic acids is 1. The van der Waals surface area contributed by atoms with Crippen molar-refractivity contribution in [1.82, 2.24) is 9.97 Å². The van der Waals surface area contributed by atoms with Gasteiger partial charge >= 0.3 is 0 Å². The van der Waals surface area contributed by atoms with Gasteiger partial charge < -0.3 is 15.0 Å². The summed E-state index contributed by atoms with van der Waals surface area (Å²) >= 11 is 0. The Kier molecular flexibility index (Phi) is 6.46. The number of anilines is 2. The molecule has 31 heavy (non-hydrogen) atoms. The number of ether oxygens (including phenoxy) is 1. The SMILES string of the molecule is CCc1ccc(NC(=O)[C@@H]2CCCN(c3nccnc3Oc3ccc(C)cc3)C2)cc1. The van der Waals surface area contributed by atoms with Crippen molar-refractivity contribution in [3.05, 3.63) is 72.1 Å². The molecule has 3 aromatic rings. The second-order valence-corrected chi connectivity index (χ2v) is 7.93. The molecule has 6 heteroatoms. The Balaban J connectivity index is 1.45. The fourth-order valence-corrected chi connectivity index (χ4v) is 3.78. The first-order chi connectivity index (χ1) is 15.1. The van der Waals surface area contributed by atoms with Gasteiger partial charge in [0.1, 0.15) is 5.75 Å². The molecule has 1 atom stereocenters. The molecule has 1 N–H and O–H groups in total. The molecule has 0 bridgehead atoms. The van der Waals surface area contributed by atoms with E-state index in [1.165, 1.54) is 11.1 Å². The van der Waals surface area contributed by atoms with Crippen LogP contribution >= 0.6 is 0 Å². The van der Waals surface area contributed by atoms with Crippen molar-refractivity contribution in [3.8, 4) is 11.6 Å². The fraction of sp³-hybridized carbons (Fsp3) is 0.320. The first-order valence-electron chi connectivity index (χ1n) is 10.8. The lowest BCUT2D eigenvalue weighted by Crippen LogP contribution is -2.41. The van der Waals surface area contributed by atoms with Crippen molar-refractivity contribution in [2.24, 2.45) is 5.92 Å². The number of benzene rings is 2. The quantitative estimate of drug-likeness (QED) is 0.613. The van der Waals surface area contributed by atoms with Crippen LogP contribution in [-0.2, 0) is 11.2 Å². The number of carbonyl (C=O) groups is 1. The van der Waals surface area contributed by atoms with Crippen LogP contribution in [0.5, 0.6) is 11.6 Å². The van der Waals surface area contributed by atoms with Crippen LogP contribution in [0.3, 0.4) is 0 Å². The standard InChI is InChI=1S/C25H28N4O2/c1-3-19-8-10-21(11-9-19)28-24(30)20-5-4-16-29(17-20)23-25(27-15-14-26-23)31-22-12-6-18(2)7-13-22/h6-15,20H,3-5,16-17H2,1-2H3,(H,28,30)/t20-/m1/s1. The molecule has 1 fully saturated rings. The maximum atomic E-state index is 12.9. The van der Waals surface area contributed by atoms with Crippen LogP contribution in [0.25, 0.3) is 0 Å². The number of amides is 1. The molecule has 1 saturated heterocycles. The molecule has 0 spiro atoms. The average Bonchev–Trinajstić information content (AvgIpc) is 2.81. The van der Waals surface area contributed by atoms with Crippen molar-refractivity contribution in [2.75, 3.05) is 23.3 Å². The van der Waals surface area contributed by atoms with E-state index in [9.17, 15) is 4.79 Å². The van der Waals surface area contributed by atoms with Gasteiger partial charge in [0, 0.05) is 31.2 Å². The molecule has 0 aliphatic carbocycles. The molecule has 160 valence electrons. The minimum atomic E-state index is -0.117. The Morgan fingerprint density at radius 3 is 2.58 bits per heavy atom. The maximum absolute atomic E-state index is 12.9. The summed E-state index contributed by atoms with van der Waals surface area (Å²) in [7, 11) is 0. The number of piperidine rings is 1. The first kappa shape index (κ1) is 20.8. The maximum Gasteiger partial charge on any atom is 0.263 e. The summed E-state index contributed by atoms with van der Waals surface area (Å²) in [6, 6.07) is 15.9.